The number of hydrogen-bond donors (Lipinski definition) is 1. The molecule has 1 aliphatic rings. The molecule has 0 unspecified atom stereocenters. The molecule has 2 atom stereocenters. The number of carbonyl (C=O) groups is 2. The number of ether oxygens (including phenoxy) is 1. The monoisotopic (exact) mass is 318 g/mol. The molecule has 0 bridgehead atoms. The van der Waals surface area contributed by atoms with Crippen LogP contribution < -0.4 is 5.32 Å². The third-order valence-electron chi connectivity index (χ3n) is 4.73. The normalized spacial score (nSPS) is 22.1. The van der Waals surface area contributed by atoms with Gasteiger partial charge in [-0.15, -0.1) is 0 Å². The molecule has 0 spiro atoms. The second kappa shape index (κ2) is 6.71. The van der Waals surface area contributed by atoms with Gasteiger partial charge in [0.15, 0.2) is 0 Å². The van der Waals surface area contributed by atoms with Crippen LogP contribution in [0.25, 0.3) is 0 Å². The Morgan fingerprint density at radius 1 is 1.30 bits per heavy atom. The van der Waals surface area contributed by atoms with E-state index in [4.69, 9.17) is 4.74 Å². The highest BCUT2D eigenvalue weighted by Gasteiger charge is 2.51. The molecule has 2 rings (SSSR count). The number of carbonyl (C=O) groups excluding carboxylic acids is 2. The number of rotatable bonds is 5. The van der Waals surface area contributed by atoms with Gasteiger partial charge in [0.25, 0.3) is 5.91 Å². The first kappa shape index (κ1) is 17.5. The van der Waals surface area contributed by atoms with Crippen LogP contribution in [0.3, 0.4) is 0 Å². The first-order chi connectivity index (χ1) is 10.8. The molecular weight excluding hydrogens is 292 g/mol. The van der Waals surface area contributed by atoms with Gasteiger partial charge in [-0.25, -0.2) is 0 Å². The van der Waals surface area contributed by atoms with Crippen LogP contribution in [0.1, 0.15) is 44.5 Å². The molecule has 1 saturated carbocycles. The molecular formula is C18H26N2O3. The standard InChI is InChI=1S/C18H26N2O3/c1-6-23-16-11-15(18(16,3)4)20(5)17(22)13-7-9-14(10-8-13)19-12(2)21/h7-10,15-16H,6,11H2,1-5H3,(H,19,21)/t15-,16-/m0/s1. The Labute approximate surface area is 138 Å². The van der Waals surface area contributed by atoms with Crippen molar-refractivity contribution in [1.29, 1.82) is 0 Å². The van der Waals surface area contributed by atoms with Gasteiger partial charge in [-0.05, 0) is 37.6 Å². The van der Waals surface area contributed by atoms with Gasteiger partial charge in [0.1, 0.15) is 0 Å². The van der Waals surface area contributed by atoms with Crippen molar-refractivity contribution < 1.29 is 14.3 Å². The van der Waals surface area contributed by atoms with Gasteiger partial charge in [0.2, 0.25) is 5.91 Å². The summed E-state index contributed by atoms with van der Waals surface area (Å²) in [5.41, 5.74) is 1.27. The maximum absolute atomic E-state index is 12.7. The van der Waals surface area contributed by atoms with Crippen LogP contribution in [0, 0.1) is 5.41 Å². The minimum absolute atomic E-state index is 0.00704. The first-order valence-corrected chi connectivity index (χ1v) is 8.03. The third-order valence-corrected chi connectivity index (χ3v) is 4.73. The van der Waals surface area contributed by atoms with Crippen molar-refractivity contribution in [3.8, 4) is 0 Å². The molecule has 0 aromatic heterocycles. The maximum atomic E-state index is 12.7. The fourth-order valence-electron chi connectivity index (χ4n) is 3.25. The van der Waals surface area contributed by atoms with Crippen LogP contribution >= 0.6 is 0 Å². The molecule has 2 amide bonds. The summed E-state index contributed by atoms with van der Waals surface area (Å²) in [7, 11) is 1.85. The van der Waals surface area contributed by atoms with Gasteiger partial charge in [0, 0.05) is 43.3 Å². The van der Waals surface area contributed by atoms with Gasteiger partial charge < -0.3 is 15.0 Å². The quantitative estimate of drug-likeness (QED) is 0.908. The number of hydrogen-bond acceptors (Lipinski definition) is 3. The molecule has 1 aromatic rings. The first-order valence-electron chi connectivity index (χ1n) is 8.03. The van der Waals surface area contributed by atoms with E-state index in [1.807, 2.05) is 18.9 Å². The minimum Gasteiger partial charge on any atom is -0.378 e. The van der Waals surface area contributed by atoms with Gasteiger partial charge in [-0.3, -0.25) is 9.59 Å². The van der Waals surface area contributed by atoms with Gasteiger partial charge >= 0.3 is 0 Å². The number of benzene rings is 1. The van der Waals surface area contributed by atoms with Crippen LogP contribution in [0.15, 0.2) is 24.3 Å². The van der Waals surface area contributed by atoms with Crippen molar-refractivity contribution in [2.45, 2.75) is 46.3 Å². The molecule has 0 saturated heterocycles. The Morgan fingerprint density at radius 3 is 2.39 bits per heavy atom. The molecule has 5 heteroatoms. The largest absolute Gasteiger partial charge is 0.378 e. The smallest absolute Gasteiger partial charge is 0.253 e. The molecule has 1 N–H and O–H groups in total. The van der Waals surface area contributed by atoms with E-state index in [-0.39, 0.29) is 29.4 Å². The average molecular weight is 318 g/mol. The lowest BCUT2D eigenvalue weighted by Gasteiger charge is -2.54. The zero-order valence-corrected chi connectivity index (χ0v) is 14.6. The van der Waals surface area contributed by atoms with Crippen LogP contribution in [-0.2, 0) is 9.53 Å². The molecule has 1 aromatic carbocycles. The SMILES string of the molecule is CCO[C@H]1C[C@H](N(C)C(=O)c2ccc(NC(C)=O)cc2)C1(C)C. The summed E-state index contributed by atoms with van der Waals surface area (Å²) in [5.74, 6) is -0.133. The molecule has 0 heterocycles. The Morgan fingerprint density at radius 2 is 1.91 bits per heavy atom. The Balaban J connectivity index is 2.04. The molecule has 5 nitrogen and oxygen atoms in total. The van der Waals surface area contributed by atoms with E-state index in [1.54, 1.807) is 24.3 Å². The van der Waals surface area contributed by atoms with Crippen LogP contribution in [0.2, 0.25) is 0 Å². The van der Waals surface area contributed by atoms with Crippen molar-refractivity contribution in [2.75, 3.05) is 19.0 Å². The Bertz CT molecular complexity index is 580. The Hall–Kier alpha value is -1.88. The average Bonchev–Trinajstić information content (AvgIpc) is 2.50. The van der Waals surface area contributed by atoms with E-state index in [1.165, 1.54) is 6.92 Å². The summed E-state index contributed by atoms with van der Waals surface area (Å²) >= 11 is 0. The lowest BCUT2D eigenvalue weighted by atomic mass is 9.63. The fourth-order valence-corrected chi connectivity index (χ4v) is 3.25. The van der Waals surface area contributed by atoms with Gasteiger partial charge in [-0.1, -0.05) is 13.8 Å². The number of nitrogens with zero attached hydrogens (tertiary/aromatic N) is 1. The summed E-state index contributed by atoms with van der Waals surface area (Å²) in [4.78, 5) is 25.5. The van der Waals surface area contributed by atoms with E-state index >= 15 is 0 Å². The topological polar surface area (TPSA) is 58.6 Å². The second-order valence-electron chi connectivity index (χ2n) is 6.69. The van der Waals surface area contributed by atoms with E-state index < -0.39 is 0 Å². The Kier molecular flexibility index (Phi) is 5.09. The summed E-state index contributed by atoms with van der Waals surface area (Å²) in [6, 6.07) is 7.15. The highest BCUT2D eigenvalue weighted by atomic mass is 16.5. The highest BCUT2D eigenvalue weighted by Crippen LogP contribution is 2.45. The van der Waals surface area contributed by atoms with Crippen LogP contribution in [0.5, 0.6) is 0 Å². The molecule has 1 aliphatic carbocycles. The number of anilines is 1. The van der Waals surface area contributed by atoms with E-state index in [9.17, 15) is 9.59 Å². The van der Waals surface area contributed by atoms with E-state index in [0.717, 1.165) is 6.42 Å². The molecule has 1 fully saturated rings. The zero-order chi connectivity index (χ0) is 17.2. The summed E-state index contributed by atoms with van der Waals surface area (Å²) in [5, 5.41) is 2.70. The predicted molar refractivity (Wildman–Crippen MR) is 90.4 cm³/mol. The third kappa shape index (κ3) is 3.55. The van der Waals surface area contributed by atoms with Crippen molar-refractivity contribution in [2.24, 2.45) is 5.41 Å². The summed E-state index contributed by atoms with van der Waals surface area (Å²) < 4.78 is 5.73. The van der Waals surface area contributed by atoms with E-state index in [0.29, 0.717) is 17.9 Å². The predicted octanol–water partition coefficient (Wildman–Crippen LogP) is 2.92. The molecule has 126 valence electrons. The maximum Gasteiger partial charge on any atom is 0.253 e. The highest BCUT2D eigenvalue weighted by molar-refractivity contribution is 5.95. The number of nitrogens with one attached hydrogen (secondary N) is 1. The van der Waals surface area contributed by atoms with Crippen molar-refractivity contribution in [1.82, 2.24) is 4.90 Å². The number of amides is 2. The molecule has 0 radical (unpaired) electrons. The fraction of sp³-hybridized carbons (Fsp3) is 0.556. The summed E-state index contributed by atoms with van der Waals surface area (Å²) in [6.45, 7) is 8.44. The molecule has 23 heavy (non-hydrogen) atoms. The van der Waals surface area contributed by atoms with Crippen LogP contribution in [0.4, 0.5) is 5.69 Å². The van der Waals surface area contributed by atoms with Gasteiger partial charge in [-0.2, -0.15) is 0 Å². The van der Waals surface area contributed by atoms with Crippen molar-refractivity contribution in [3.05, 3.63) is 29.8 Å². The lowest BCUT2D eigenvalue weighted by molar-refractivity contribution is -0.136. The zero-order valence-electron chi connectivity index (χ0n) is 14.6. The molecule has 0 aliphatic heterocycles. The summed E-state index contributed by atoms with van der Waals surface area (Å²) in [6.07, 6.45) is 1.07. The van der Waals surface area contributed by atoms with Crippen molar-refractivity contribution in [3.63, 3.8) is 0 Å². The minimum atomic E-state index is -0.126. The van der Waals surface area contributed by atoms with E-state index in [2.05, 4.69) is 19.2 Å². The second-order valence-corrected chi connectivity index (χ2v) is 6.69. The van der Waals surface area contributed by atoms with Crippen LogP contribution in [-0.4, -0.2) is 42.5 Å². The van der Waals surface area contributed by atoms with Gasteiger partial charge in [0.05, 0.1) is 6.10 Å². The van der Waals surface area contributed by atoms with Crippen molar-refractivity contribution >= 4 is 17.5 Å². The lowest BCUT2D eigenvalue weighted by Crippen LogP contribution is -2.62.